The number of aliphatic hydroxyl groups is 1. The largest absolute Gasteiger partial charge is 0.389 e. The zero-order chi connectivity index (χ0) is 12.3. The molecule has 1 aliphatic rings. The molecule has 0 saturated carbocycles. The Balaban J connectivity index is 2.62. The summed E-state index contributed by atoms with van der Waals surface area (Å²) in [7, 11) is 0. The summed E-state index contributed by atoms with van der Waals surface area (Å²) in [6, 6.07) is 0. The van der Waals surface area contributed by atoms with Crippen LogP contribution < -0.4 is 0 Å². The van der Waals surface area contributed by atoms with Crippen LogP contribution in [0.25, 0.3) is 0 Å². The number of nitrogens with zero attached hydrogens (tertiary/aromatic N) is 1. The number of likely N-dealkylation sites (N-methyl/N-ethyl adjacent to an activating group) is 1. The lowest BCUT2D eigenvalue weighted by atomic mass is 10.0. The second kappa shape index (κ2) is 5.15. The van der Waals surface area contributed by atoms with Crippen LogP contribution in [-0.2, 0) is 9.53 Å². The van der Waals surface area contributed by atoms with Gasteiger partial charge in [0.05, 0.1) is 5.60 Å². The molecular formula is C12H23NO3. The van der Waals surface area contributed by atoms with Gasteiger partial charge in [0, 0.05) is 19.7 Å². The first kappa shape index (κ1) is 13.5. The Hall–Kier alpha value is -0.610. The van der Waals surface area contributed by atoms with Crippen LogP contribution in [0.5, 0.6) is 0 Å². The van der Waals surface area contributed by atoms with Gasteiger partial charge in [0.15, 0.2) is 0 Å². The molecule has 4 nitrogen and oxygen atoms in total. The van der Waals surface area contributed by atoms with Gasteiger partial charge < -0.3 is 14.7 Å². The number of ether oxygens (including phenoxy) is 1. The molecule has 94 valence electrons. The molecule has 0 aliphatic carbocycles. The highest BCUT2D eigenvalue weighted by Gasteiger charge is 2.34. The Morgan fingerprint density at radius 3 is 2.56 bits per heavy atom. The third-order valence-electron chi connectivity index (χ3n) is 2.90. The van der Waals surface area contributed by atoms with Crippen LogP contribution in [0.1, 0.15) is 34.1 Å². The molecule has 1 amide bonds. The van der Waals surface area contributed by atoms with Crippen molar-refractivity contribution in [2.45, 2.75) is 45.8 Å². The fourth-order valence-electron chi connectivity index (χ4n) is 2.00. The maximum Gasteiger partial charge on any atom is 0.252 e. The molecule has 0 bridgehead atoms. The van der Waals surface area contributed by atoms with Gasteiger partial charge in [0.25, 0.3) is 5.91 Å². The van der Waals surface area contributed by atoms with Gasteiger partial charge in [-0.3, -0.25) is 4.79 Å². The molecule has 0 aromatic carbocycles. The topological polar surface area (TPSA) is 49.8 Å². The van der Waals surface area contributed by atoms with E-state index in [1.807, 2.05) is 13.8 Å². The molecule has 1 rings (SSSR count). The van der Waals surface area contributed by atoms with Gasteiger partial charge in [0.1, 0.15) is 6.10 Å². The molecular weight excluding hydrogens is 206 g/mol. The average molecular weight is 229 g/mol. The van der Waals surface area contributed by atoms with E-state index in [9.17, 15) is 9.90 Å². The summed E-state index contributed by atoms with van der Waals surface area (Å²) in [6.07, 6.45) is 0.624. The predicted octanol–water partition coefficient (Wildman–Crippen LogP) is 1.03. The van der Waals surface area contributed by atoms with E-state index in [-0.39, 0.29) is 17.9 Å². The summed E-state index contributed by atoms with van der Waals surface area (Å²) in [6.45, 7) is 9.00. The van der Waals surface area contributed by atoms with Crippen LogP contribution in [0.15, 0.2) is 0 Å². The number of carbonyl (C=O) groups is 1. The first-order valence-corrected chi connectivity index (χ1v) is 5.98. The molecule has 2 atom stereocenters. The van der Waals surface area contributed by atoms with E-state index in [1.165, 1.54) is 0 Å². The second-order valence-electron chi connectivity index (χ2n) is 5.22. The van der Waals surface area contributed by atoms with Crippen molar-refractivity contribution in [3.05, 3.63) is 0 Å². The van der Waals surface area contributed by atoms with Gasteiger partial charge in [-0.1, -0.05) is 6.92 Å². The number of amides is 1. The fraction of sp³-hybridized carbons (Fsp3) is 0.917. The van der Waals surface area contributed by atoms with Crippen LogP contribution in [0.4, 0.5) is 0 Å². The monoisotopic (exact) mass is 229 g/mol. The quantitative estimate of drug-likeness (QED) is 0.783. The van der Waals surface area contributed by atoms with Gasteiger partial charge in [-0.15, -0.1) is 0 Å². The summed E-state index contributed by atoms with van der Waals surface area (Å²) in [4.78, 5) is 13.8. The van der Waals surface area contributed by atoms with Gasteiger partial charge in [0.2, 0.25) is 0 Å². The third-order valence-corrected chi connectivity index (χ3v) is 2.90. The molecule has 16 heavy (non-hydrogen) atoms. The molecule has 1 N–H and O–H groups in total. The van der Waals surface area contributed by atoms with Gasteiger partial charge in [-0.25, -0.2) is 0 Å². The Morgan fingerprint density at radius 2 is 2.19 bits per heavy atom. The highest BCUT2D eigenvalue weighted by molar-refractivity contribution is 5.81. The maximum absolute atomic E-state index is 12.2. The van der Waals surface area contributed by atoms with Crippen molar-refractivity contribution in [1.82, 2.24) is 4.90 Å². The first-order valence-electron chi connectivity index (χ1n) is 5.98. The average Bonchev–Trinajstić information content (AvgIpc) is 2.58. The van der Waals surface area contributed by atoms with Gasteiger partial charge >= 0.3 is 0 Å². The zero-order valence-corrected chi connectivity index (χ0v) is 10.7. The Morgan fingerprint density at radius 1 is 1.56 bits per heavy atom. The van der Waals surface area contributed by atoms with Crippen molar-refractivity contribution in [3.63, 3.8) is 0 Å². The van der Waals surface area contributed by atoms with Crippen LogP contribution >= 0.6 is 0 Å². The maximum atomic E-state index is 12.2. The summed E-state index contributed by atoms with van der Waals surface area (Å²) >= 11 is 0. The number of rotatable bonds is 4. The summed E-state index contributed by atoms with van der Waals surface area (Å²) in [5.41, 5.74) is -0.854. The summed E-state index contributed by atoms with van der Waals surface area (Å²) < 4.78 is 5.45. The van der Waals surface area contributed by atoms with Gasteiger partial charge in [-0.05, 0) is 33.1 Å². The Bertz CT molecular complexity index is 247. The second-order valence-corrected chi connectivity index (χ2v) is 5.22. The molecule has 0 radical (unpaired) electrons. The van der Waals surface area contributed by atoms with E-state index in [0.717, 1.165) is 6.42 Å². The molecule has 1 aliphatic heterocycles. The van der Waals surface area contributed by atoms with Crippen molar-refractivity contribution in [1.29, 1.82) is 0 Å². The van der Waals surface area contributed by atoms with Crippen LogP contribution in [0.2, 0.25) is 0 Å². The van der Waals surface area contributed by atoms with Crippen molar-refractivity contribution in [3.8, 4) is 0 Å². The van der Waals surface area contributed by atoms with E-state index >= 15 is 0 Å². The van der Waals surface area contributed by atoms with Crippen LogP contribution in [0, 0.1) is 5.92 Å². The molecule has 1 saturated heterocycles. The van der Waals surface area contributed by atoms with Crippen LogP contribution in [-0.4, -0.2) is 47.3 Å². The van der Waals surface area contributed by atoms with E-state index in [4.69, 9.17) is 4.74 Å². The number of hydrogen-bond donors (Lipinski definition) is 1. The van der Waals surface area contributed by atoms with Crippen molar-refractivity contribution < 1.29 is 14.6 Å². The standard InChI is InChI=1S/C12H23NO3/c1-5-13(8-12(3,4)15)11(14)10-9(2)6-7-16-10/h9-10,15H,5-8H2,1-4H3. The smallest absolute Gasteiger partial charge is 0.252 e. The minimum Gasteiger partial charge on any atom is -0.389 e. The zero-order valence-electron chi connectivity index (χ0n) is 10.7. The van der Waals surface area contributed by atoms with E-state index in [2.05, 4.69) is 0 Å². The van der Waals surface area contributed by atoms with Crippen molar-refractivity contribution >= 4 is 5.91 Å². The fourth-order valence-corrected chi connectivity index (χ4v) is 2.00. The van der Waals surface area contributed by atoms with Crippen molar-refractivity contribution in [2.24, 2.45) is 5.92 Å². The molecule has 0 spiro atoms. The summed E-state index contributed by atoms with van der Waals surface area (Å²) in [5.74, 6) is 0.290. The minimum absolute atomic E-state index is 0.00891. The SMILES string of the molecule is CCN(CC(C)(C)O)C(=O)C1OCCC1C. The molecule has 1 fully saturated rings. The van der Waals surface area contributed by atoms with E-state index in [1.54, 1.807) is 18.7 Å². The molecule has 2 unspecified atom stereocenters. The Kier molecular flexibility index (Phi) is 4.33. The minimum atomic E-state index is -0.854. The van der Waals surface area contributed by atoms with Crippen molar-refractivity contribution in [2.75, 3.05) is 19.7 Å². The summed E-state index contributed by atoms with van der Waals surface area (Å²) in [5, 5.41) is 9.74. The van der Waals surface area contributed by atoms with E-state index < -0.39 is 5.60 Å². The normalized spacial score (nSPS) is 25.8. The third kappa shape index (κ3) is 3.46. The molecule has 4 heteroatoms. The van der Waals surface area contributed by atoms with Gasteiger partial charge in [-0.2, -0.15) is 0 Å². The Labute approximate surface area is 97.6 Å². The lowest BCUT2D eigenvalue weighted by Gasteiger charge is -2.30. The van der Waals surface area contributed by atoms with E-state index in [0.29, 0.717) is 19.7 Å². The first-order chi connectivity index (χ1) is 7.35. The predicted molar refractivity (Wildman–Crippen MR) is 62.1 cm³/mol. The lowest BCUT2D eigenvalue weighted by molar-refractivity contribution is -0.145. The number of carbonyl (C=O) groups excluding carboxylic acids is 1. The highest BCUT2D eigenvalue weighted by atomic mass is 16.5. The highest BCUT2D eigenvalue weighted by Crippen LogP contribution is 2.22. The molecule has 0 aromatic heterocycles. The lowest BCUT2D eigenvalue weighted by Crippen LogP contribution is -2.47. The van der Waals surface area contributed by atoms with Crippen LogP contribution in [0.3, 0.4) is 0 Å². The molecule has 1 heterocycles. The number of hydrogen-bond acceptors (Lipinski definition) is 3. The molecule has 0 aromatic rings.